The number of methoxy groups -OCH3 is 1. The molecule has 1 aliphatic carbocycles. The monoisotopic (exact) mass is 299 g/mol. The molecule has 0 radical (unpaired) electrons. The molecule has 0 saturated carbocycles. The molecule has 0 aromatic heterocycles. The van der Waals surface area contributed by atoms with Crippen LogP contribution >= 0.6 is 11.8 Å². The summed E-state index contributed by atoms with van der Waals surface area (Å²) in [7, 11) is 3.78. The molecule has 2 aromatic rings. The Kier molecular flexibility index (Phi) is 4.51. The zero-order valence-corrected chi connectivity index (χ0v) is 13.3. The van der Waals surface area contributed by atoms with E-state index < -0.39 is 0 Å². The van der Waals surface area contributed by atoms with Crippen LogP contribution in [0.3, 0.4) is 0 Å². The predicted molar refractivity (Wildman–Crippen MR) is 89.2 cm³/mol. The lowest BCUT2D eigenvalue weighted by Crippen LogP contribution is -2.32. The van der Waals surface area contributed by atoms with Crippen LogP contribution < -0.4 is 10.1 Å². The first-order valence-corrected chi connectivity index (χ1v) is 8.25. The van der Waals surface area contributed by atoms with Crippen LogP contribution in [-0.4, -0.2) is 19.4 Å². The van der Waals surface area contributed by atoms with Crippen LogP contribution in [0, 0.1) is 0 Å². The quantitative estimate of drug-likeness (QED) is 0.920. The van der Waals surface area contributed by atoms with E-state index in [1.54, 1.807) is 7.11 Å². The van der Waals surface area contributed by atoms with E-state index >= 15 is 0 Å². The summed E-state index contributed by atoms with van der Waals surface area (Å²) < 4.78 is 5.32. The van der Waals surface area contributed by atoms with Crippen LogP contribution in [-0.2, 0) is 6.42 Å². The van der Waals surface area contributed by atoms with Crippen LogP contribution in [0.15, 0.2) is 53.4 Å². The van der Waals surface area contributed by atoms with Crippen LogP contribution in [0.2, 0.25) is 0 Å². The van der Waals surface area contributed by atoms with E-state index in [9.17, 15) is 0 Å². The molecule has 3 heteroatoms. The number of fused-ring (bicyclic) bond motifs is 1. The van der Waals surface area contributed by atoms with Gasteiger partial charge in [0.05, 0.1) is 7.11 Å². The van der Waals surface area contributed by atoms with Gasteiger partial charge in [-0.1, -0.05) is 30.3 Å². The average Bonchev–Trinajstić information content (AvgIpc) is 2.55. The minimum absolute atomic E-state index is 0.408. The molecule has 2 atom stereocenters. The average molecular weight is 299 g/mol. The van der Waals surface area contributed by atoms with E-state index in [1.165, 1.54) is 22.4 Å². The SMILES string of the molecule is CNC1c2ccccc2CCC1Sc1cccc(OC)c1. The smallest absolute Gasteiger partial charge is 0.119 e. The fraction of sp³-hybridized carbons (Fsp3) is 0.333. The van der Waals surface area contributed by atoms with E-state index in [1.807, 2.05) is 17.8 Å². The summed E-state index contributed by atoms with van der Waals surface area (Å²) in [6.07, 6.45) is 2.36. The van der Waals surface area contributed by atoms with Crippen LogP contribution in [0.25, 0.3) is 0 Å². The van der Waals surface area contributed by atoms with Crippen molar-refractivity contribution in [2.24, 2.45) is 0 Å². The third kappa shape index (κ3) is 3.09. The van der Waals surface area contributed by atoms with Gasteiger partial charge in [-0.3, -0.25) is 0 Å². The summed E-state index contributed by atoms with van der Waals surface area (Å²) in [5.74, 6) is 0.928. The molecule has 3 rings (SSSR count). The van der Waals surface area contributed by atoms with Gasteiger partial charge in [0, 0.05) is 16.2 Å². The van der Waals surface area contributed by atoms with E-state index in [0.717, 1.165) is 12.2 Å². The fourth-order valence-corrected chi connectivity index (χ4v) is 4.39. The van der Waals surface area contributed by atoms with Crippen molar-refractivity contribution < 1.29 is 4.74 Å². The third-order valence-corrected chi connectivity index (χ3v) is 5.44. The number of rotatable bonds is 4. The normalized spacial score (nSPS) is 20.9. The number of thioether (sulfide) groups is 1. The van der Waals surface area contributed by atoms with Gasteiger partial charge in [-0.25, -0.2) is 0 Å². The summed E-state index contributed by atoms with van der Waals surface area (Å²) in [5.41, 5.74) is 2.94. The molecule has 0 heterocycles. The molecule has 2 nitrogen and oxygen atoms in total. The Bertz CT molecular complexity index is 614. The van der Waals surface area contributed by atoms with E-state index in [2.05, 4.69) is 54.8 Å². The highest BCUT2D eigenvalue weighted by Crippen LogP contribution is 2.40. The topological polar surface area (TPSA) is 21.3 Å². The summed E-state index contributed by atoms with van der Waals surface area (Å²) >= 11 is 1.95. The van der Waals surface area contributed by atoms with E-state index in [0.29, 0.717) is 11.3 Å². The summed E-state index contributed by atoms with van der Waals surface area (Å²) in [6, 6.07) is 17.6. The minimum Gasteiger partial charge on any atom is -0.497 e. The molecule has 1 N–H and O–H groups in total. The Hall–Kier alpha value is -1.45. The maximum Gasteiger partial charge on any atom is 0.119 e. The molecular formula is C18H21NOS. The zero-order valence-electron chi connectivity index (χ0n) is 12.5. The van der Waals surface area contributed by atoms with Crippen molar-refractivity contribution in [1.29, 1.82) is 0 Å². The van der Waals surface area contributed by atoms with Crippen LogP contribution in [0.5, 0.6) is 5.75 Å². The van der Waals surface area contributed by atoms with E-state index in [4.69, 9.17) is 4.74 Å². The molecule has 1 aliphatic rings. The lowest BCUT2D eigenvalue weighted by Gasteiger charge is -2.33. The van der Waals surface area contributed by atoms with Crippen LogP contribution in [0.1, 0.15) is 23.6 Å². The number of hydrogen-bond donors (Lipinski definition) is 1. The summed E-state index contributed by atoms with van der Waals surface area (Å²) in [4.78, 5) is 1.28. The van der Waals surface area contributed by atoms with Gasteiger partial charge in [0.15, 0.2) is 0 Å². The van der Waals surface area contributed by atoms with Crippen molar-refractivity contribution in [2.45, 2.75) is 29.0 Å². The number of nitrogens with one attached hydrogen (secondary N) is 1. The van der Waals surface area contributed by atoms with Crippen molar-refractivity contribution in [1.82, 2.24) is 5.32 Å². The Morgan fingerprint density at radius 2 is 2.00 bits per heavy atom. The lowest BCUT2D eigenvalue weighted by atomic mass is 9.87. The van der Waals surface area contributed by atoms with Gasteiger partial charge in [0.25, 0.3) is 0 Å². The maximum absolute atomic E-state index is 5.32. The van der Waals surface area contributed by atoms with Crippen molar-refractivity contribution in [3.63, 3.8) is 0 Å². The molecule has 0 saturated heterocycles. The largest absolute Gasteiger partial charge is 0.497 e. The molecule has 0 bridgehead atoms. The molecule has 0 fully saturated rings. The highest BCUT2D eigenvalue weighted by atomic mass is 32.2. The second-order valence-electron chi connectivity index (χ2n) is 5.34. The van der Waals surface area contributed by atoms with Gasteiger partial charge in [-0.05, 0) is 49.2 Å². The van der Waals surface area contributed by atoms with Gasteiger partial charge in [0.2, 0.25) is 0 Å². The maximum atomic E-state index is 5.32. The first-order chi connectivity index (χ1) is 10.3. The molecule has 0 amide bonds. The van der Waals surface area contributed by atoms with Crippen molar-refractivity contribution >= 4 is 11.8 Å². The lowest BCUT2D eigenvalue weighted by molar-refractivity contribution is 0.413. The number of benzene rings is 2. The highest BCUT2D eigenvalue weighted by Gasteiger charge is 2.28. The van der Waals surface area contributed by atoms with Gasteiger partial charge in [0.1, 0.15) is 5.75 Å². The molecule has 2 unspecified atom stereocenters. The zero-order chi connectivity index (χ0) is 14.7. The van der Waals surface area contributed by atoms with Gasteiger partial charge in [-0.15, -0.1) is 11.8 Å². The molecule has 2 aromatic carbocycles. The van der Waals surface area contributed by atoms with E-state index in [-0.39, 0.29) is 0 Å². The fourth-order valence-electron chi connectivity index (χ4n) is 3.05. The Balaban J connectivity index is 1.82. The second kappa shape index (κ2) is 6.54. The Morgan fingerprint density at radius 1 is 1.14 bits per heavy atom. The second-order valence-corrected chi connectivity index (χ2v) is 6.65. The first-order valence-electron chi connectivity index (χ1n) is 7.37. The third-order valence-electron chi connectivity index (χ3n) is 4.10. The summed E-state index contributed by atoms with van der Waals surface area (Å²) in [5, 5.41) is 4.06. The van der Waals surface area contributed by atoms with Gasteiger partial charge >= 0.3 is 0 Å². The summed E-state index contributed by atoms with van der Waals surface area (Å²) in [6.45, 7) is 0. The Morgan fingerprint density at radius 3 is 2.81 bits per heavy atom. The van der Waals surface area contributed by atoms with Crippen molar-refractivity contribution in [3.8, 4) is 5.75 Å². The highest BCUT2D eigenvalue weighted by molar-refractivity contribution is 8.00. The number of aryl methyl sites for hydroxylation is 1. The first kappa shape index (κ1) is 14.5. The van der Waals surface area contributed by atoms with Gasteiger partial charge in [-0.2, -0.15) is 0 Å². The molecule has 0 spiro atoms. The van der Waals surface area contributed by atoms with Gasteiger partial charge < -0.3 is 10.1 Å². The molecule has 110 valence electrons. The Labute approximate surface area is 130 Å². The standard InChI is InChI=1S/C18H21NOS/c1-19-18-16-9-4-3-6-13(16)10-11-17(18)21-15-8-5-7-14(12-15)20-2/h3-9,12,17-19H,10-11H2,1-2H3. The molecule has 21 heavy (non-hydrogen) atoms. The van der Waals surface area contributed by atoms with Crippen molar-refractivity contribution in [3.05, 3.63) is 59.7 Å². The minimum atomic E-state index is 0.408. The predicted octanol–water partition coefficient (Wildman–Crippen LogP) is 4.06. The van der Waals surface area contributed by atoms with Crippen LogP contribution in [0.4, 0.5) is 0 Å². The number of ether oxygens (including phenoxy) is 1. The van der Waals surface area contributed by atoms with Crippen molar-refractivity contribution in [2.75, 3.05) is 14.2 Å². The number of hydrogen-bond acceptors (Lipinski definition) is 3. The molecular weight excluding hydrogens is 278 g/mol. The molecule has 0 aliphatic heterocycles.